The lowest BCUT2D eigenvalue weighted by Gasteiger charge is -2.15. The van der Waals surface area contributed by atoms with Crippen LogP contribution in [0.1, 0.15) is 0 Å². The fourth-order valence-corrected chi connectivity index (χ4v) is 22.3. The van der Waals surface area contributed by atoms with Crippen molar-refractivity contribution in [3.63, 3.8) is 0 Å². The minimum absolute atomic E-state index is 0.629. The van der Waals surface area contributed by atoms with E-state index in [4.69, 9.17) is 38.7 Å². The van der Waals surface area contributed by atoms with E-state index in [2.05, 4.69) is 382 Å². The summed E-state index contributed by atoms with van der Waals surface area (Å²) in [5, 5.41) is 21.2. The Balaban J connectivity index is 0.000000137. The van der Waals surface area contributed by atoms with Crippen molar-refractivity contribution in [2.75, 3.05) is 0 Å². The molecule has 0 aliphatic carbocycles. The van der Waals surface area contributed by atoms with Gasteiger partial charge in [0.25, 0.3) is 0 Å². The quantitative estimate of drug-likeness (QED) is 0.105. The molecule has 0 fully saturated rings. The van der Waals surface area contributed by atoms with Crippen LogP contribution in [0.2, 0.25) is 0 Å². The van der Waals surface area contributed by atoms with Gasteiger partial charge in [-0.3, -0.25) is 0 Å². The van der Waals surface area contributed by atoms with Gasteiger partial charge in [0, 0.05) is 132 Å². The summed E-state index contributed by atoms with van der Waals surface area (Å²) in [6.07, 6.45) is 0. The first kappa shape index (κ1) is 81.6. The molecule has 0 aliphatic heterocycles. The highest BCUT2D eigenvalue weighted by Crippen LogP contribution is 2.48. The zero-order valence-electron chi connectivity index (χ0n) is 77.5. The molecule has 8 aromatic heterocycles. The van der Waals surface area contributed by atoms with Crippen LogP contribution in [0, 0.1) is 0 Å². The van der Waals surface area contributed by atoms with Crippen molar-refractivity contribution in [2.45, 2.75) is 0 Å². The first-order chi connectivity index (χ1) is 71.4. The van der Waals surface area contributed by atoms with E-state index in [1.165, 1.54) is 70.2 Å². The van der Waals surface area contributed by atoms with E-state index in [0.717, 1.165) is 183 Å². The van der Waals surface area contributed by atoms with Crippen LogP contribution in [0.15, 0.2) is 494 Å². The molecule has 0 atom stereocenters. The SMILES string of the molecule is c1ccc(-c2nc(-c3ccccc3)nc(-c3ccc(-c4ccc(-n5c6ccccc6c6cc(-n7c8ccccc8c8cc(-c9cccc%10c9oc9ccccc9%10)ccc87)ccc65)cc4)cc3)n2)cc1.c1ccc(-c2nc(-c3ccccc3)nc(-c3ccc4c5ccccc5c5ccc(-n6c7ccccc7c7cc(-n8c9ccccc9c9cc(-c%10cccc%11c%10oc%10ccccc%10%11)ccc98)ccc76)cc5c4c3)n2)cc1. The van der Waals surface area contributed by atoms with Crippen LogP contribution in [0.3, 0.4) is 0 Å². The summed E-state index contributed by atoms with van der Waals surface area (Å²) in [7, 11) is 0. The second-order valence-electron chi connectivity index (χ2n) is 37.1. The summed E-state index contributed by atoms with van der Waals surface area (Å²) in [6.45, 7) is 0. The average molecular weight is 1840 g/mol. The number of benzene rings is 22. The lowest BCUT2D eigenvalue weighted by atomic mass is 9.93. The molecule has 12 nitrogen and oxygen atoms in total. The Morgan fingerprint density at radius 1 is 0.132 bits per heavy atom. The third-order valence-electron chi connectivity index (χ3n) is 28.9. The Hall–Kier alpha value is -19.6. The summed E-state index contributed by atoms with van der Waals surface area (Å²) in [5.41, 5.74) is 29.6. The van der Waals surface area contributed by atoms with Crippen molar-refractivity contribution in [1.82, 2.24) is 48.2 Å². The molecule has 8 heterocycles. The van der Waals surface area contributed by atoms with Gasteiger partial charge < -0.3 is 27.1 Å². The second-order valence-corrected chi connectivity index (χ2v) is 37.1. The van der Waals surface area contributed by atoms with Crippen LogP contribution in [-0.2, 0) is 0 Å². The predicted octanol–water partition coefficient (Wildman–Crippen LogP) is 34.4. The number of fused-ring (bicyclic) bond motifs is 24. The lowest BCUT2D eigenvalue weighted by molar-refractivity contribution is 0.669. The molecule has 22 aromatic carbocycles. The maximum absolute atomic E-state index is 6.52. The number of furan rings is 2. The average Bonchev–Trinajstić information content (AvgIpc) is 1.43. The fraction of sp³-hybridized carbons (Fsp3) is 0. The first-order valence-corrected chi connectivity index (χ1v) is 48.7. The number of para-hydroxylation sites is 8. The van der Waals surface area contributed by atoms with Crippen LogP contribution < -0.4 is 0 Å². The first-order valence-electron chi connectivity index (χ1n) is 48.7. The van der Waals surface area contributed by atoms with Crippen molar-refractivity contribution in [3.8, 4) is 124 Å². The molecular weight excluding hydrogens is 1760 g/mol. The number of nitrogens with zero attached hydrogens (tertiary/aromatic N) is 10. The molecule has 0 radical (unpaired) electrons. The topological polar surface area (TPSA) is 123 Å². The molecule has 0 spiro atoms. The summed E-state index contributed by atoms with van der Waals surface area (Å²) < 4.78 is 22.6. The number of rotatable bonds is 13. The van der Waals surface area contributed by atoms with Crippen LogP contribution in [0.25, 0.3) is 288 Å². The molecule has 12 heteroatoms. The van der Waals surface area contributed by atoms with Crippen LogP contribution in [-0.4, -0.2) is 48.2 Å². The molecule has 30 aromatic rings. The lowest BCUT2D eigenvalue weighted by Crippen LogP contribution is -2.00. The summed E-state index contributed by atoms with van der Waals surface area (Å²) in [6, 6.07) is 172. The Bertz CT molecular complexity index is 10400. The van der Waals surface area contributed by atoms with Gasteiger partial charge in [-0.05, 0) is 182 Å². The van der Waals surface area contributed by atoms with Crippen molar-refractivity contribution in [1.29, 1.82) is 0 Å². The Morgan fingerprint density at radius 2 is 0.368 bits per heavy atom. The van der Waals surface area contributed by atoms with E-state index in [-0.39, 0.29) is 0 Å². The van der Waals surface area contributed by atoms with Gasteiger partial charge in [0.05, 0.1) is 44.1 Å². The molecule has 0 saturated heterocycles. The second kappa shape index (κ2) is 33.1. The van der Waals surface area contributed by atoms with Crippen LogP contribution in [0.5, 0.6) is 0 Å². The maximum Gasteiger partial charge on any atom is 0.164 e. The Morgan fingerprint density at radius 3 is 0.764 bits per heavy atom. The van der Waals surface area contributed by atoms with Crippen molar-refractivity contribution < 1.29 is 8.83 Å². The minimum Gasteiger partial charge on any atom is -0.455 e. The van der Waals surface area contributed by atoms with Gasteiger partial charge in [-0.25, -0.2) is 29.9 Å². The molecule has 0 N–H and O–H groups in total. The van der Waals surface area contributed by atoms with Gasteiger partial charge in [0.1, 0.15) is 22.3 Å². The Kier molecular flexibility index (Phi) is 18.8. The number of hydrogen-bond donors (Lipinski definition) is 0. The van der Waals surface area contributed by atoms with E-state index in [1.807, 2.05) is 121 Å². The van der Waals surface area contributed by atoms with E-state index in [1.54, 1.807) is 0 Å². The largest absolute Gasteiger partial charge is 0.455 e. The van der Waals surface area contributed by atoms with Gasteiger partial charge in [0.15, 0.2) is 34.9 Å². The van der Waals surface area contributed by atoms with Crippen LogP contribution in [0.4, 0.5) is 0 Å². The Labute approximate surface area is 824 Å². The summed E-state index contributed by atoms with van der Waals surface area (Å²) in [5.74, 6) is 3.84. The molecule has 144 heavy (non-hydrogen) atoms. The molecule has 0 aliphatic rings. The molecular formula is C132H80N10O2. The standard InChI is InChI=1S/C69H41N5O.C63H39N5O/c1-3-16-42(17-4-1)67-70-68(43-18-5-2-6-19-43)72-69(71-67)45-30-34-51-49-20-7-8-21-50(49)52-35-32-46(40-58(52)57(51)39-45)73-62-28-13-10-23-54(62)60-41-47(33-37-64(60)73)74-61-27-12-9-22-53(61)59-38-44(31-36-63(59)74)48-25-15-26-56-55-24-11-14-29-65(55)75-66(48)56;1-3-14-42(15-4-1)61-64-62(43-16-5-2-6-17-43)66-63(65-61)44-28-26-40(27-29-44)41-30-33-46(34-31-41)67-55-23-10-8-19-50(55)54-39-47(35-37-58(54)67)68-56-24-11-7-18-49(56)53-38-45(32-36-57(53)68)48-21-13-22-52-51-20-9-12-25-59(51)69-60(48)52/h1-41H;1-39H. The summed E-state index contributed by atoms with van der Waals surface area (Å²) in [4.78, 5) is 30.0. The highest BCUT2D eigenvalue weighted by atomic mass is 16.3. The van der Waals surface area contributed by atoms with Gasteiger partial charge >= 0.3 is 0 Å². The molecule has 0 unspecified atom stereocenters. The number of hydrogen-bond acceptors (Lipinski definition) is 8. The minimum atomic E-state index is 0.629. The molecule has 0 saturated carbocycles. The highest BCUT2D eigenvalue weighted by molar-refractivity contribution is 6.27. The normalized spacial score (nSPS) is 11.9. The predicted molar refractivity (Wildman–Crippen MR) is 593 cm³/mol. The number of aromatic nitrogens is 10. The van der Waals surface area contributed by atoms with Gasteiger partial charge in [-0.1, -0.05) is 358 Å². The van der Waals surface area contributed by atoms with Crippen LogP contribution >= 0.6 is 0 Å². The third-order valence-corrected chi connectivity index (χ3v) is 28.9. The zero-order chi connectivity index (χ0) is 94.6. The summed E-state index contributed by atoms with van der Waals surface area (Å²) >= 11 is 0. The van der Waals surface area contributed by atoms with Crippen molar-refractivity contribution >= 4 is 163 Å². The van der Waals surface area contributed by atoms with E-state index < -0.39 is 0 Å². The molecule has 0 bridgehead atoms. The maximum atomic E-state index is 6.52. The van der Waals surface area contributed by atoms with Crippen molar-refractivity contribution in [2.24, 2.45) is 0 Å². The van der Waals surface area contributed by atoms with Gasteiger partial charge in [-0.2, -0.15) is 0 Å². The molecule has 0 amide bonds. The van der Waals surface area contributed by atoms with Crippen molar-refractivity contribution in [3.05, 3.63) is 485 Å². The third kappa shape index (κ3) is 13.4. The van der Waals surface area contributed by atoms with E-state index in [9.17, 15) is 0 Å². The smallest absolute Gasteiger partial charge is 0.164 e. The van der Waals surface area contributed by atoms with E-state index >= 15 is 0 Å². The van der Waals surface area contributed by atoms with Gasteiger partial charge in [0.2, 0.25) is 0 Å². The highest BCUT2D eigenvalue weighted by Gasteiger charge is 2.26. The molecule has 30 rings (SSSR count). The monoisotopic (exact) mass is 1840 g/mol. The fourth-order valence-electron chi connectivity index (χ4n) is 22.3. The van der Waals surface area contributed by atoms with E-state index in [0.29, 0.717) is 34.9 Å². The zero-order valence-corrected chi connectivity index (χ0v) is 77.5. The van der Waals surface area contributed by atoms with Gasteiger partial charge in [-0.15, -0.1) is 0 Å². The molecule has 670 valence electrons.